The quantitative estimate of drug-likeness (QED) is 0.711. The third-order valence-corrected chi connectivity index (χ3v) is 4.45. The predicted octanol–water partition coefficient (Wildman–Crippen LogP) is 1.75. The fraction of sp³-hybridized carbons (Fsp3) is 0.933. The number of carbonyl (C=O) groups is 1. The summed E-state index contributed by atoms with van der Waals surface area (Å²) in [7, 11) is 3.96. The van der Waals surface area contributed by atoms with Crippen molar-refractivity contribution < 1.29 is 9.53 Å². The van der Waals surface area contributed by atoms with E-state index in [0.717, 1.165) is 6.54 Å². The molecule has 2 rings (SSSR count). The minimum Gasteiger partial charge on any atom is -0.465 e. The van der Waals surface area contributed by atoms with E-state index < -0.39 is 0 Å². The highest BCUT2D eigenvalue weighted by molar-refractivity contribution is 5.69. The van der Waals surface area contributed by atoms with Crippen molar-refractivity contribution in [3.63, 3.8) is 0 Å². The first-order valence-corrected chi connectivity index (χ1v) is 7.71. The van der Waals surface area contributed by atoms with Crippen LogP contribution in [0.4, 0.5) is 0 Å². The molecule has 2 aliphatic rings. The van der Waals surface area contributed by atoms with Gasteiger partial charge in [0.25, 0.3) is 0 Å². The maximum absolute atomic E-state index is 11.7. The number of piperidine rings is 2. The lowest BCUT2D eigenvalue weighted by atomic mass is 9.84. The van der Waals surface area contributed by atoms with E-state index in [1.807, 2.05) is 19.0 Å². The number of esters is 1. The molecule has 0 N–H and O–H groups in total. The predicted molar refractivity (Wildman–Crippen MR) is 76.1 cm³/mol. The molecule has 0 radical (unpaired) electrons. The molecule has 4 heteroatoms. The van der Waals surface area contributed by atoms with Crippen LogP contribution in [0.3, 0.4) is 0 Å². The highest BCUT2D eigenvalue weighted by atomic mass is 16.5. The van der Waals surface area contributed by atoms with Gasteiger partial charge in [0.05, 0.1) is 13.0 Å². The summed E-state index contributed by atoms with van der Waals surface area (Å²) in [5.74, 6) is 0.527. The number of ether oxygens (including phenoxy) is 1. The van der Waals surface area contributed by atoms with Crippen LogP contribution in [0, 0.1) is 5.92 Å². The molecule has 0 spiro atoms. The van der Waals surface area contributed by atoms with Crippen LogP contribution in [-0.2, 0) is 9.53 Å². The molecule has 2 fully saturated rings. The molecule has 0 saturated carbocycles. The van der Waals surface area contributed by atoms with Crippen LogP contribution >= 0.6 is 0 Å². The summed E-state index contributed by atoms with van der Waals surface area (Å²) < 4.78 is 5.49. The molecular weight excluding hydrogens is 240 g/mol. The third kappa shape index (κ3) is 4.46. The second-order valence-corrected chi connectivity index (χ2v) is 6.24. The Kier molecular flexibility index (Phi) is 5.64. The standard InChI is InChI=1S/C15H28N2O2/c1-16(2)11-8-15(18)19-12-13-6-5-10-17-9-4-3-7-14(13)17/h13-14H,3-12H2,1-2H3. The van der Waals surface area contributed by atoms with Crippen LogP contribution in [0.15, 0.2) is 0 Å². The van der Waals surface area contributed by atoms with Crippen molar-refractivity contribution in [2.75, 3.05) is 40.3 Å². The van der Waals surface area contributed by atoms with Gasteiger partial charge in [0, 0.05) is 18.5 Å². The average molecular weight is 268 g/mol. The van der Waals surface area contributed by atoms with E-state index >= 15 is 0 Å². The van der Waals surface area contributed by atoms with E-state index in [2.05, 4.69) is 4.90 Å². The zero-order chi connectivity index (χ0) is 13.7. The average Bonchev–Trinajstić information content (AvgIpc) is 2.42. The molecule has 110 valence electrons. The number of hydrogen-bond donors (Lipinski definition) is 0. The molecule has 2 unspecified atom stereocenters. The van der Waals surface area contributed by atoms with Gasteiger partial charge in [-0.25, -0.2) is 0 Å². The molecular formula is C15H28N2O2. The smallest absolute Gasteiger partial charge is 0.307 e. The number of fused-ring (bicyclic) bond motifs is 1. The molecule has 2 aliphatic heterocycles. The summed E-state index contributed by atoms with van der Waals surface area (Å²) in [6, 6.07) is 0.671. The molecule has 0 amide bonds. The molecule has 0 bridgehead atoms. The van der Waals surface area contributed by atoms with Gasteiger partial charge in [-0.3, -0.25) is 9.69 Å². The van der Waals surface area contributed by atoms with Crippen molar-refractivity contribution >= 4 is 5.97 Å². The van der Waals surface area contributed by atoms with Gasteiger partial charge in [-0.2, -0.15) is 0 Å². The van der Waals surface area contributed by atoms with Crippen LogP contribution < -0.4 is 0 Å². The summed E-state index contributed by atoms with van der Waals surface area (Å²) in [5.41, 5.74) is 0. The number of nitrogens with zero attached hydrogens (tertiary/aromatic N) is 2. The van der Waals surface area contributed by atoms with Gasteiger partial charge in [0.1, 0.15) is 0 Å². The third-order valence-electron chi connectivity index (χ3n) is 4.45. The Labute approximate surface area is 117 Å². The van der Waals surface area contributed by atoms with Crippen LogP contribution in [-0.4, -0.2) is 62.1 Å². The Morgan fingerprint density at radius 2 is 2.00 bits per heavy atom. The zero-order valence-electron chi connectivity index (χ0n) is 12.4. The summed E-state index contributed by atoms with van der Waals surface area (Å²) in [6.45, 7) is 3.90. The van der Waals surface area contributed by atoms with Crippen molar-refractivity contribution in [1.29, 1.82) is 0 Å². The molecule has 0 aromatic rings. The van der Waals surface area contributed by atoms with Crippen molar-refractivity contribution in [3.8, 4) is 0 Å². The van der Waals surface area contributed by atoms with E-state index in [4.69, 9.17) is 4.74 Å². The lowest BCUT2D eigenvalue weighted by Crippen LogP contribution is -2.49. The first kappa shape index (κ1) is 14.8. The Bertz CT molecular complexity index is 292. The van der Waals surface area contributed by atoms with Gasteiger partial charge in [-0.15, -0.1) is 0 Å². The molecule has 19 heavy (non-hydrogen) atoms. The summed E-state index contributed by atoms with van der Waals surface area (Å²) in [6.07, 6.45) is 6.96. The second kappa shape index (κ2) is 7.25. The Balaban J connectivity index is 1.73. The van der Waals surface area contributed by atoms with E-state index in [0.29, 0.717) is 25.0 Å². The van der Waals surface area contributed by atoms with Crippen LogP contribution in [0.1, 0.15) is 38.5 Å². The lowest BCUT2D eigenvalue weighted by Gasteiger charge is -2.44. The fourth-order valence-electron chi connectivity index (χ4n) is 3.36. The van der Waals surface area contributed by atoms with Crippen LogP contribution in [0.2, 0.25) is 0 Å². The van der Waals surface area contributed by atoms with Gasteiger partial charge in [-0.1, -0.05) is 6.42 Å². The molecule has 2 saturated heterocycles. The van der Waals surface area contributed by atoms with E-state index in [9.17, 15) is 4.79 Å². The Morgan fingerprint density at radius 3 is 2.79 bits per heavy atom. The van der Waals surface area contributed by atoms with Gasteiger partial charge >= 0.3 is 5.97 Å². The lowest BCUT2D eigenvalue weighted by molar-refractivity contribution is -0.146. The fourth-order valence-corrected chi connectivity index (χ4v) is 3.36. The number of carbonyl (C=O) groups excluding carboxylic acids is 1. The zero-order valence-corrected chi connectivity index (χ0v) is 12.4. The van der Waals surface area contributed by atoms with Gasteiger partial charge in [0.15, 0.2) is 0 Å². The second-order valence-electron chi connectivity index (χ2n) is 6.24. The summed E-state index contributed by atoms with van der Waals surface area (Å²) in [5, 5.41) is 0. The maximum Gasteiger partial charge on any atom is 0.307 e. The Hall–Kier alpha value is -0.610. The van der Waals surface area contributed by atoms with E-state index in [1.54, 1.807) is 0 Å². The van der Waals surface area contributed by atoms with Crippen molar-refractivity contribution in [3.05, 3.63) is 0 Å². The number of hydrogen-bond acceptors (Lipinski definition) is 4. The van der Waals surface area contributed by atoms with Crippen LogP contribution in [0.25, 0.3) is 0 Å². The van der Waals surface area contributed by atoms with Gasteiger partial charge < -0.3 is 9.64 Å². The van der Waals surface area contributed by atoms with Gasteiger partial charge in [0.2, 0.25) is 0 Å². The minimum atomic E-state index is -0.0402. The highest BCUT2D eigenvalue weighted by Crippen LogP contribution is 2.30. The largest absolute Gasteiger partial charge is 0.465 e. The normalized spacial score (nSPS) is 28.2. The highest BCUT2D eigenvalue weighted by Gasteiger charge is 2.33. The summed E-state index contributed by atoms with van der Waals surface area (Å²) in [4.78, 5) is 16.3. The first-order valence-electron chi connectivity index (χ1n) is 7.71. The molecule has 0 aromatic carbocycles. The first-order chi connectivity index (χ1) is 9.16. The Morgan fingerprint density at radius 1 is 1.21 bits per heavy atom. The van der Waals surface area contributed by atoms with Crippen molar-refractivity contribution in [2.24, 2.45) is 5.92 Å². The maximum atomic E-state index is 11.7. The monoisotopic (exact) mass is 268 g/mol. The topological polar surface area (TPSA) is 32.8 Å². The molecule has 0 aliphatic carbocycles. The van der Waals surface area contributed by atoms with Crippen molar-refractivity contribution in [1.82, 2.24) is 9.80 Å². The van der Waals surface area contributed by atoms with Crippen LogP contribution in [0.5, 0.6) is 0 Å². The minimum absolute atomic E-state index is 0.0402. The van der Waals surface area contributed by atoms with Crippen molar-refractivity contribution in [2.45, 2.75) is 44.6 Å². The van der Waals surface area contributed by atoms with Gasteiger partial charge in [-0.05, 0) is 52.9 Å². The molecule has 2 atom stereocenters. The number of rotatable bonds is 5. The van der Waals surface area contributed by atoms with E-state index in [1.165, 1.54) is 45.2 Å². The SMILES string of the molecule is CN(C)CCC(=O)OCC1CCCN2CCCCC12. The molecule has 0 aromatic heterocycles. The molecule has 4 nitrogen and oxygen atoms in total. The molecule has 2 heterocycles. The van der Waals surface area contributed by atoms with E-state index in [-0.39, 0.29) is 5.97 Å². The summed E-state index contributed by atoms with van der Waals surface area (Å²) >= 11 is 0.